The lowest BCUT2D eigenvalue weighted by molar-refractivity contribution is 0.0774. The van der Waals surface area contributed by atoms with Crippen LogP contribution in [0.15, 0.2) is 71.8 Å². The zero-order valence-electron chi connectivity index (χ0n) is 17.6. The van der Waals surface area contributed by atoms with Crippen LogP contribution in [0.3, 0.4) is 0 Å². The van der Waals surface area contributed by atoms with Crippen molar-refractivity contribution in [3.8, 4) is 11.5 Å². The van der Waals surface area contributed by atoms with Crippen molar-refractivity contribution < 1.29 is 18.7 Å². The van der Waals surface area contributed by atoms with Crippen LogP contribution in [-0.4, -0.2) is 37.4 Å². The summed E-state index contributed by atoms with van der Waals surface area (Å²) in [6, 6.07) is 19.4. The quantitative estimate of drug-likeness (QED) is 0.598. The number of carbonyl (C=O) groups excluding carboxylic acids is 1. The van der Waals surface area contributed by atoms with Crippen molar-refractivity contribution in [1.29, 1.82) is 0 Å². The smallest absolute Gasteiger partial charge is 0.274 e. The van der Waals surface area contributed by atoms with Crippen molar-refractivity contribution in [1.82, 2.24) is 5.01 Å². The predicted octanol–water partition coefficient (Wildman–Crippen LogP) is 4.80. The third-order valence-electron chi connectivity index (χ3n) is 5.38. The zero-order valence-corrected chi connectivity index (χ0v) is 17.6. The summed E-state index contributed by atoms with van der Waals surface area (Å²) in [5.74, 6) is 0.275. The highest BCUT2D eigenvalue weighted by molar-refractivity contribution is 6.08. The van der Waals surface area contributed by atoms with Crippen molar-refractivity contribution in [2.24, 2.45) is 5.10 Å². The Labute approximate surface area is 180 Å². The van der Waals surface area contributed by atoms with Gasteiger partial charge in [0.1, 0.15) is 5.82 Å². The number of hydrogen-bond donors (Lipinski definition) is 0. The van der Waals surface area contributed by atoms with Gasteiger partial charge in [0.2, 0.25) is 0 Å². The average molecular weight is 418 g/mol. The van der Waals surface area contributed by atoms with Crippen LogP contribution in [0, 0.1) is 12.7 Å². The summed E-state index contributed by atoms with van der Waals surface area (Å²) >= 11 is 0. The number of hydrazone groups is 1. The van der Waals surface area contributed by atoms with Crippen LogP contribution in [0.25, 0.3) is 0 Å². The molecule has 4 rings (SSSR count). The Kier molecular flexibility index (Phi) is 5.71. The lowest BCUT2D eigenvalue weighted by Gasteiger charge is -2.16. The number of ether oxygens (including phenoxy) is 2. The Morgan fingerprint density at radius 1 is 1.00 bits per heavy atom. The van der Waals surface area contributed by atoms with Gasteiger partial charge in [0.15, 0.2) is 11.5 Å². The first-order chi connectivity index (χ1) is 15.0. The van der Waals surface area contributed by atoms with Gasteiger partial charge in [-0.25, -0.2) is 9.40 Å². The van der Waals surface area contributed by atoms with E-state index >= 15 is 0 Å². The van der Waals surface area contributed by atoms with Gasteiger partial charge in [0.05, 0.1) is 26.5 Å². The SMILES string of the molecule is COc1ccc(C2=NN(C(=O)c3cccc(F)c3)CC2c2ccc(C)cc2)cc1OC. The van der Waals surface area contributed by atoms with E-state index in [1.807, 2.05) is 49.4 Å². The van der Waals surface area contributed by atoms with E-state index in [0.29, 0.717) is 18.0 Å². The molecule has 1 amide bonds. The summed E-state index contributed by atoms with van der Waals surface area (Å²) in [5.41, 5.74) is 4.04. The van der Waals surface area contributed by atoms with Crippen LogP contribution in [0.2, 0.25) is 0 Å². The number of benzene rings is 3. The van der Waals surface area contributed by atoms with E-state index in [-0.39, 0.29) is 17.4 Å². The Hall–Kier alpha value is -3.67. The summed E-state index contributed by atoms with van der Waals surface area (Å²) in [6.07, 6.45) is 0. The van der Waals surface area contributed by atoms with E-state index in [2.05, 4.69) is 5.10 Å². The number of amides is 1. The van der Waals surface area contributed by atoms with Gasteiger partial charge in [-0.2, -0.15) is 5.10 Å². The van der Waals surface area contributed by atoms with Gasteiger partial charge in [-0.05, 0) is 48.9 Å². The minimum Gasteiger partial charge on any atom is -0.493 e. The molecule has 0 fully saturated rings. The lowest BCUT2D eigenvalue weighted by Crippen LogP contribution is -2.25. The summed E-state index contributed by atoms with van der Waals surface area (Å²) in [6.45, 7) is 2.39. The van der Waals surface area contributed by atoms with E-state index in [4.69, 9.17) is 9.47 Å². The second-order valence-electron chi connectivity index (χ2n) is 7.42. The minimum absolute atomic E-state index is 0.129. The maximum absolute atomic E-state index is 13.7. The molecule has 0 saturated heterocycles. The molecule has 0 aromatic heterocycles. The molecule has 1 unspecified atom stereocenters. The molecular weight excluding hydrogens is 395 g/mol. The van der Waals surface area contributed by atoms with Gasteiger partial charge in [0, 0.05) is 17.0 Å². The number of halogens is 1. The van der Waals surface area contributed by atoms with Crippen LogP contribution in [0.4, 0.5) is 4.39 Å². The maximum atomic E-state index is 13.7. The second-order valence-corrected chi connectivity index (χ2v) is 7.42. The molecule has 3 aromatic carbocycles. The molecule has 1 aliphatic rings. The van der Waals surface area contributed by atoms with Gasteiger partial charge in [0.25, 0.3) is 5.91 Å². The van der Waals surface area contributed by atoms with Crippen molar-refractivity contribution in [3.63, 3.8) is 0 Å². The summed E-state index contributed by atoms with van der Waals surface area (Å²) in [5, 5.41) is 6.07. The van der Waals surface area contributed by atoms with Gasteiger partial charge >= 0.3 is 0 Å². The molecule has 0 bridgehead atoms. The first kappa shape index (κ1) is 20.6. The average Bonchev–Trinajstić information content (AvgIpc) is 3.24. The largest absolute Gasteiger partial charge is 0.493 e. The first-order valence-electron chi connectivity index (χ1n) is 9.95. The van der Waals surface area contributed by atoms with Crippen LogP contribution < -0.4 is 9.47 Å². The van der Waals surface area contributed by atoms with Crippen molar-refractivity contribution in [2.45, 2.75) is 12.8 Å². The Morgan fingerprint density at radius 2 is 1.74 bits per heavy atom. The molecule has 6 heteroatoms. The summed E-state index contributed by atoms with van der Waals surface area (Å²) in [7, 11) is 3.16. The summed E-state index contributed by atoms with van der Waals surface area (Å²) in [4.78, 5) is 13.0. The highest BCUT2D eigenvalue weighted by Crippen LogP contribution is 2.34. The van der Waals surface area contributed by atoms with Crippen molar-refractivity contribution >= 4 is 11.6 Å². The highest BCUT2D eigenvalue weighted by Gasteiger charge is 2.33. The number of nitrogens with zero attached hydrogens (tertiary/aromatic N) is 2. The fraction of sp³-hybridized carbons (Fsp3) is 0.200. The number of aryl methyl sites for hydroxylation is 1. The number of carbonyl (C=O) groups is 1. The van der Waals surface area contributed by atoms with Crippen molar-refractivity contribution in [3.05, 3.63) is 94.8 Å². The second kappa shape index (κ2) is 8.60. The number of rotatable bonds is 5. The van der Waals surface area contributed by atoms with Crippen molar-refractivity contribution in [2.75, 3.05) is 20.8 Å². The van der Waals surface area contributed by atoms with Crippen LogP contribution in [0.1, 0.15) is 33.0 Å². The fourth-order valence-corrected chi connectivity index (χ4v) is 3.72. The Bertz CT molecular complexity index is 1140. The Morgan fingerprint density at radius 3 is 2.42 bits per heavy atom. The minimum atomic E-state index is -0.454. The molecule has 31 heavy (non-hydrogen) atoms. The Balaban J connectivity index is 1.76. The molecule has 0 spiro atoms. The third-order valence-corrected chi connectivity index (χ3v) is 5.38. The molecule has 3 aromatic rings. The predicted molar refractivity (Wildman–Crippen MR) is 117 cm³/mol. The molecule has 0 aliphatic carbocycles. The van der Waals surface area contributed by atoms with Crippen LogP contribution >= 0.6 is 0 Å². The van der Waals surface area contributed by atoms with Crippen LogP contribution in [0.5, 0.6) is 11.5 Å². The lowest BCUT2D eigenvalue weighted by atomic mass is 9.90. The molecule has 0 radical (unpaired) electrons. The van der Waals surface area contributed by atoms with E-state index in [1.54, 1.807) is 20.3 Å². The normalized spacial score (nSPS) is 15.5. The summed E-state index contributed by atoms with van der Waals surface area (Å²) < 4.78 is 24.4. The van der Waals surface area contributed by atoms with Gasteiger partial charge < -0.3 is 9.47 Å². The topological polar surface area (TPSA) is 51.1 Å². The molecule has 158 valence electrons. The molecule has 0 saturated carbocycles. The molecule has 1 atom stereocenters. The van der Waals surface area contributed by atoms with E-state index in [9.17, 15) is 9.18 Å². The van der Waals surface area contributed by atoms with E-state index in [0.717, 1.165) is 22.4 Å². The fourth-order valence-electron chi connectivity index (χ4n) is 3.72. The van der Waals surface area contributed by atoms with E-state index in [1.165, 1.54) is 23.2 Å². The molecular formula is C25H23FN2O3. The van der Waals surface area contributed by atoms with Gasteiger partial charge in [-0.1, -0.05) is 35.9 Å². The molecule has 0 N–H and O–H groups in total. The van der Waals surface area contributed by atoms with Gasteiger partial charge in [-0.3, -0.25) is 4.79 Å². The zero-order chi connectivity index (χ0) is 22.0. The first-order valence-corrected chi connectivity index (χ1v) is 9.95. The highest BCUT2D eigenvalue weighted by atomic mass is 19.1. The monoisotopic (exact) mass is 418 g/mol. The maximum Gasteiger partial charge on any atom is 0.274 e. The molecule has 1 aliphatic heterocycles. The third kappa shape index (κ3) is 4.14. The van der Waals surface area contributed by atoms with Crippen LogP contribution in [-0.2, 0) is 0 Å². The number of methoxy groups -OCH3 is 2. The molecule has 1 heterocycles. The standard InChI is InChI=1S/C25H23FN2O3/c1-16-7-9-17(10-8-16)21-15-28(25(29)19-5-4-6-20(26)13-19)27-24(21)18-11-12-22(30-2)23(14-18)31-3/h4-14,21H,15H2,1-3H3. The van der Waals surface area contributed by atoms with E-state index < -0.39 is 5.82 Å². The van der Waals surface area contributed by atoms with Gasteiger partial charge in [-0.15, -0.1) is 0 Å². The molecule has 5 nitrogen and oxygen atoms in total. The number of hydrogen-bond acceptors (Lipinski definition) is 4.